The molecule has 4 nitrogen and oxygen atoms in total. The number of aliphatic hydroxyl groups excluding tert-OH is 1. The quantitative estimate of drug-likeness (QED) is 0.814. The first-order valence-electron chi connectivity index (χ1n) is 6.08. The Morgan fingerprint density at radius 1 is 1.47 bits per heavy atom. The van der Waals surface area contributed by atoms with Gasteiger partial charge in [-0.05, 0) is 50.5 Å². The van der Waals surface area contributed by atoms with E-state index in [0.29, 0.717) is 18.4 Å². The van der Waals surface area contributed by atoms with Gasteiger partial charge >= 0.3 is 6.09 Å². The Morgan fingerprint density at radius 2 is 2.18 bits per heavy atom. The van der Waals surface area contributed by atoms with Crippen LogP contribution in [0, 0.1) is 11.8 Å². The molecule has 0 spiro atoms. The molecule has 0 saturated carbocycles. The number of amides is 1. The van der Waals surface area contributed by atoms with Crippen molar-refractivity contribution in [3.63, 3.8) is 0 Å². The Labute approximate surface area is 107 Å². The van der Waals surface area contributed by atoms with E-state index in [0.717, 1.165) is 17.9 Å². The lowest BCUT2D eigenvalue weighted by atomic mass is 9.91. The highest BCUT2D eigenvalue weighted by Gasteiger charge is 2.26. The molecule has 0 aromatic heterocycles. The summed E-state index contributed by atoms with van der Waals surface area (Å²) in [7, 11) is 0. The van der Waals surface area contributed by atoms with Crippen molar-refractivity contribution < 1.29 is 14.6 Å². The van der Waals surface area contributed by atoms with Crippen LogP contribution in [-0.2, 0) is 4.74 Å². The van der Waals surface area contributed by atoms with Crippen LogP contribution in [0.5, 0.6) is 0 Å². The molecule has 2 atom stereocenters. The maximum absolute atomic E-state index is 11.5. The normalized spacial score (nSPS) is 25.4. The molecule has 1 fully saturated rings. The first-order chi connectivity index (χ1) is 7.92. The summed E-state index contributed by atoms with van der Waals surface area (Å²) in [5.41, 5.74) is -0.455. The van der Waals surface area contributed by atoms with Crippen molar-refractivity contribution >= 4 is 17.9 Å². The topological polar surface area (TPSA) is 58.6 Å². The Hall–Kier alpha value is -0.420. The van der Waals surface area contributed by atoms with E-state index in [1.807, 2.05) is 32.5 Å². The third-order valence-corrected chi connectivity index (χ3v) is 3.96. The monoisotopic (exact) mass is 261 g/mol. The van der Waals surface area contributed by atoms with Gasteiger partial charge in [0.2, 0.25) is 0 Å². The van der Waals surface area contributed by atoms with E-state index in [-0.39, 0.29) is 12.7 Å². The van der Waals surface area contributed by atoms with Crippen molar-refractivity contribution in [2.45, 2.75) is 32.8 Å². The SMILES string of the molecule is CC(C)(C)OC(=O)NC[C@@H]1CCSC[C@@H]1CO. The summed E-state index contributed by atoms with van der Waals surface area (Å²) in [6, 6.07) is 0. The fourth-order valence-corrected chi connectivity index (χ4v) is 3.16. The molecule has 1 aliphatic heterocycles. The molecule has 100 valence electrons. The first-order valence-corrected chi connectivity index (χ1v) is 7.23. The van der Waals surface area contributed by atoms with Crippen LogP contribution in [0.1, 0.15) is 27.2 Å². The second-order valence-electron chi connectivity index (χ2n) is 5.45. The van der Waals surface area contributed by atoms with Crippen LogP contribution in [-0.4, -0.2) is 41.5 Å². The molecule has 0 unspecified atom stereocenters. The highest BCUT2D eigenvalue weighted by molar-refractivity contribution is 7.99. The minimum Gasteiger partial charge on any atom is -0.444 e. The number of aliphatic hydroxyl groups is 1. The predicted molar refractivity (Wildman–Crippen MR) is 70.2 cm³/mol. The molecule has 1 saturated heterocycles. The Bertz CT molecular complexity index is 253. The number of nitrogens with one attached hydrogen (secondary N) is 1. The smallest absolute Gasteiger partial charge is 0.407 e. The van der Waals surface area contributed by atoms with Crippen LogP contribution in [0.2, 0.25) is 0 Å². The summed E-state index contributed by atoms with van der Waals surface area (Å²) >= 11 is 1.87. The second kappa shape index (κ2) is 6.50. The zero-order valence-corrected chi connectivity index (χ0v) is 11.7. The number of rotatable bonds is 3. The number of alkyl carbamates (subject to hydrolysis) is 1. The Kier molecular flexibility index (Phi) is 5.59. The van der Waals surface area contributed by atoms with Gasteiger partial charge in [-0.25, -0.2) is 4.79 Å². The van der Waals surface area contributed by atoms with Gasteiger partial charge in [0.05, 0.1) is 0 Å². The standard InChI is InChI=1S/C12H23NO3S/c1-12(2,3)16-11(15)13-6-9-4-5-17-8-10(9)7-14/h9-10,14H,4-8H2,1-3H3,(H,13,15)/t9-,10-/m0/s1. The van der Waals surface area contributed by atoms with Crippen molar-refractivity contribution in [3.05, 3.63) is 0 Å². The summed E-state index contributed by atoms with van der Waals surface area (Å²) in [5.74, 6) is 2.76. The van der Waals surface area contributed by atoms with Crippen LogP contribution < -0.4 is 5.32 Å². The molecule has 0 aromatic rings. The maximum Gasteiger partial charge on any atom is 0.407 e. The number of thioether (sulfide) groups is 1. The average molecular weight is 261 g/mol. The van der Waals surface area contributed by atoms with Crippen molar-refractivity contribution in [2.75, 3.05) is 24.7 Å². The Balaban J connectivity index is 2.31. The molecule has 1 aliphatic rings. The van der Waals surface area contributed by atoms with Crippen LogP contribution in [0.4, 0.5) is 4.79 Å². The van der Waals surface area contributed by atoms with Gasteiger partial charge in [-0.2, -0.15) is 11.8 Å². The lowest BCUT2D eigenvalue weighted by molar-refractivity contribution is 0.0507. The van der Waals surface area contributed by atoms with Gasteiger partial charge in [0.15, 0.2) is 0 Å². The summed E-state index contributed by atoms with van der Waals surface area (Å²) in [6.07, 6.45) is 0.679. The minimum atomic E-state index is -0.455. The zero-order chi connectivity index (χ0) is 12.9. The maximum atomic E-state index is 11.5. The molecule has 0 bridgehead atoms. The molecule has 17 heavy (non-hydrogen) atoms. The minimum absolute atomic E-state index is 0.202. The summed E-state index contributed by atoms with van der Waals surface area (Å²) in [6.45, 7) is 6.34. The Morgan fingerprint density at radius 3 is 2.76 bits per heavy atom. The number of hydrogen-bond acceptors (Lipinski definition) is 4. The molecule has 5 heteroatoms. The first kappa shape index (κ1) is 14.6. The molecular weight excluding hydrogens is 238 g/mol. The molecule has 1 heterocycles. The highest BCUT2D eigenvalue weighted by atomic mass is 32.2. The fraction of sp³-hybridized carbons (Fsp3) is 0.917. The predicted octanol–water partition coefficient (Wildman–Crippen LogP) is 1.87. The summed E-state index contributed by atoms with van der Waals surface area (Å²) < 4.78 is 5.18. The van der Waals surface area contributed by atoms with Gasteiger partial charge in [-0.15, -0.1) is 0 Å². The highest BCUT2D eigenvalue weighted by Crippen LogP contribution is 2.27. The molecular formula is C12H23NO3S. The summed E-state index contributed by atoms with van der Waals surface area (Å²) in [5, 5.41) is 12.0. The second-order valence-corrected chi connectivity index (χ2v) is 6.60. The number of carbonyl (C=O) groups excluding carboxylic acids is 1. The van der Waals surface area contributed by atoms with Crippen molar-refractivity contribution in [3.8, 4) is 0 Å². The summed E-state index contributed by atoms with van der Waals surface area (Å²) in [4.78, 5) is 11.5. The van der Waals surface area contributed by atoms with E-state index in [2.05, 4.69) is 5.32 Å². The van der Waals surface area contributed by atoms with Gasteiger partial charge in [0, 0.05) is 13.2 Å². The molecule has 0 aliphatic carbocycles. The van der Waals surface area contributed by atoms with E-state index in [1.165, 1.54) is 0 Å². The van der Waals surface area contributed by atoms with E-state index in [1.54, 1.807) is 0 Å². The van der Waals surface area contributed by atoms with E-state index >= 15 is 0 Å². The molecule has 0 radical (unpaired) electrons. The van der Waals surface area contributed by atoms with Crippen LogP contribution in [0.15, 0.2) is 0 Å². The molecule has 2 N–H and O–H groups in total. The largest absolute Gasteiger partial charge is 0.444 e. The van der Waals surface area contributed by atoms with Crippen molar-refractivity contribution in [2.24, 2.45) is 11.8 Å². The van der Waals surface area contributed by atoms with Gasteiger partial charge < -0.3 is 15.2 Å². The third-order valence-electron chi connectivity index (χ3n) is 2.77. The van der Waals surface area contributed by atoms with Crippen molar-refractivity contribution in [1.82, 2.24) is 5.32 Å². The average Bonchev–Trinajstić information content (AvgIpc) is 2.24. The zero-order valence-electron chi connectivity index (χ0n) is 10.9. The van der Waals surface area contributed by atoms with E-state index in [4.69, 9.17) is 4.74 Å². The van der Waals surface area contributed by atoms with Crippen LogP contribution in [0.3, 0.4) is 0 Å². The third kappa shape index (κ3) is 5.64. The van der Waals surface area contributed by atoms with E-state index < -0.39 is 5.60 Å². The van der Waals surface area contributed by atoms with E-state index in [9.17, 15) is 9.90 Å². The molecule has 0 aromatic carbocycles. The number of ether oxygens (including phenoxy) is 1. The van der Waals surface area contributed by atoms with Gasteiger partial charge in [-0.3, -0.25) is 0 Å². The van der Waals surface area contributed by atoms with Gasteiger partial charge in [0.1, 0.15) is 5.60 Å². The molecule has 1 rings (SSSR count). The van der Waals surface area contributed by atoms with Crippen molar-refractivity contribution in [1.29, 1.82) is 0 Å². The number of carbonyl (C=O) groups is 1. The fourth-order valence-electron chi connectivity index (χ4n) is 1.84. The van der Waals surface area contributed by atoms with Crippen LogP contribution >= 0.6 is 11.8 Å². The van der Waals surface area contributed by atoms with Crippen LogP contribution in [0.25, 0.3) is 0 Å². The lowest BCUT2D eigenvalue weighted by Crippen LogP contribution is -2.39. The van der Waals surface area contributed by atoms with Gasteiger partial charge in [0.25, 0.3) is 0 Å². The number of hydrogen-bond donors (Lipinski definition) is 2. The van der Waals surface area contributed by atoms with Gasteiger partial charge in [-0.1, -0.05) is 0 Å². The molecule has 1 amide bonds. The lowest BCUT2D eigenvalue weighted by Gasteiger charge is -2.30.